The third kappa shape index (κ3) is 61.4. The monoisotopic (exact) mass is 1100 g/mol. The molecule has 0 saturated heterocycles. The van der Waals surface area contributed by atoms with E-state index in [1.165, 1.54) is 128 Å². The normalized spacial score (nSPS) is 13.5. The Balaban J connectivity index is 4.23. The molecule has 0 aliphatic rings. The quantitative estimate of drug-likeness (QED) is 0.0195. The minimum absolute atomic E-state index is 0.141. The molecule has 0 radical (unpaired) electrons. The highest BCUT2D eigenvalue weighted by Gasteiger charge is 2.22. The molecule has 9 nitrogen and oxygen atoms in total. The summed E-state index contributed by atoms with van der Waals surface area (Å²) in [5.41, 5.74) is 0. The molecule has 9 heteroatoms. The van der Waals surface area contributed by atoms with E-state index in [1.54, 1.807) is 0 Å². The minimum atomic E-state index is -1.63. The molecule has 0 bridgehead atoms. The Morgan fingerprint density at radius 1 is 0.392 bits per heavy atom. The first-order valence-corrected chi connectivity index (χ1v) is 32.0. The van der Waals surface area contributed by atoms with Crippen LogP contribution in [0.1, 0.15) is 258 Å². The molecular weight excluding hydrogens is 983 g/mol. The fourth-order valence-electron chi connectivity index (χ4n) is 8.61. The van der Waals surface area contributed by atoms with E-state index >= 15 is 0 Å². The molecule has 0 aromatic carbocycles. The molecule has 452 valence electrons. The number of aliphatic carboxylic acids is 1. The summed E-state index contributed by atoms with van der Waals surface area (Å²) in [5.74, 6) is -2.30. The van der Waals surface area contributed by atoms with E-state index in [4.69, 9.17) is 18.9 Å². The number of unbranched alkanes of at least 4 members (excludes halogenated alkanes) is 25. The Morgan fingerprint density at radius 2 is 0.722 bits per heavy atom. The van der Waals surface area contributed by atoms with Crippen molar-refractivity contribution in [2.45, 2.75) is 270 Å². The third-order valence-electron chi connectivity index (χ3n) is 13.5. The predicted molar refractivity (Wildman–Crippen MR) is 333 cm³/mol. The number of carboxylic acid groups (broad SMARTS) is 1. The summed E-state index contributed by atoms with van der Waals surface area (Å²) in [4.78, 5) is 37.4. The summed E-state index contributed by atoms with van der Waals surface area (Å²) in [7, 11) is 5.92. The largest absolute Gasteiger partial charge is 0.545 e. The Bertz CT molecular complexity index is 1660. The maximum atomic E-state index is 12.9. The number of hydrogen-bond acceptors (Lipinski definition) is 8. The number of esters is 2. The van der Waals surface area contributed by atoms with Gasteiger partial charge in [0.2, 0.25) is 0 Å². The van der Waals surface area contributed by atoms with E-state index in [0.717, 1.165) is 96.3 Å². The molecule has 2 atom stereocenters. The van der Waals surface area contributed by atoms with Gasteiger partial charge in [0.15, 0.2) is 12.4 Å². The fraction of sp³-hybridized carbons (Fsp3) is 0.700. The lowest BCUT2D eigenvalue weighted by Crippen LogP contribution is -2.44. The number of ether oxygens (including phenoxy) is 4. The smallest absolute Gasteiger partial charge is 0.306 e. The molecule has 0 aromatic heterocycles. The van der Waals surface area contributed by atoms with E-state index in [0.29, 0.717) is 17.4 Å². The van der Waals surface area contributed by atoms with Crippen LogP contribution < -0.4 is 5.11 Å². The molecule has 0 amide bonds. The standard InChI is InChI=1S/C70H119NO8/c1-6-8-10-12-14-16-18-20-22-24-26-28-30-32-33-34-35-37-39-41-43-45-47-49-51-53-55-57-59-61-68(73)79-66(65-78-70(69(74)75)76-63-62-71(3,4)5)64-77-67(72)60-58-56-54-52-50-48-46-44-42-40-38-36-31-29-27-25-23-21-19-17-15-13-11-9-7-2/h8,10,14,16,19-22,25-28,31-33,35-37,66,70H,6-7,9,11-13,15,17-18,23-24,29-30,34,38-65H2,1-5H3/b10-8-,16-14-,21-19-,22-20-,27-25-,28-26-,33-32-,36-31-,37-35-. The molecule has 79 heavy (non-hydrogen) atoms. The Morgan fingerprint density at radius 3 is 1.08 bits per heavy atom. The number of quaternary nitrogens is 1. The fourth-order valence-corrected chi connectivity index (χ4v) is 8.61. The average molecular weight is 1100 g/mol. The van der Waals surface area contributed by atoms with E-state index in [2.05, 4.69) is 123 Å². The number of allylic oxidation sites excluding steroid dienone is 18. The number of hydrogen-bond donors (Lipinski definition) is 0. The molecule has 0 rings (SSSR count). The summed E-state index contributed by atoms with van der Waals surface area (Å²) < 4.78 is 22.8. The highest BCUT2D eigenvalue weighted by atomic mass is 16.7. The predicted octanol–water partition coefficient (Wildman–Crippen LogP) is 18.1. The highest BCUT2D eigenvalue weighted by molar-refractivity contribution is 5.70. The number of carboxylic acids is 1. The second-order valence-electron chi connectivity index (χ2n) is 22.3. The van der Waals surface area contributed by atoms with Crippen LogP contribution in [0.25, 0.3) is 0 Å². The second-order valence-corrected chi connectivity index (χ2v) is 22.3. The number of likely N-dealkylation sites (N-methyl/N-ethyl adjacent to an activating group) is 1. The lowest BCUT2D eigenvalue weighted by atomic mass is 10.0. The molecule has 0 aliphatic heterocycles. The van der Waals surface area contributed by atoms with Crippen LogP contribution in [0.4, 0.5) is 0 Å². The van der Waals surface area contributed by atoms with Gasteiger partial charge in [-0.1, -0.05) is 252 Å². The number of rotatable bonds is 58. The molecule has 0 aromatic rings. The van der Waals surface area contributed by atoms with Crippen molar-refractivity contribution in [2.24, 2.45) is 0 Å². The zero-order chi connectivity index (χ0) is 57.6. The highest BCUT2D eigenvalue weighted by Crippen LogP contribution is 2.16. The van der Waals surface area contributed by atoms with Crippen LogP contribution in [-0.2, 0) is 33.3 Å². The Kier molecular flexibility index (Phi) is 57.0. The van der Waals surface area contributed by atoms with Crippen molar-refractivity contribution in [1.29, 1.82) is 0 Å². The van der Waals surface area contributed by atoms with Crippen molar-refractivity contribution in [3.63, 3.8) is 0 Å². The lowest BCUT2D eigenvalue weighted by molar-refractivity contribution is -0.870. The van der Waals surface area contributed by atoms with Crippen molar-refractivity contribution >= 4 is 17.9 Å². The van der Waals surface area contributed by atoms with E-state index < -0.39 is 24.3 Å². The topological polar surface area (TPSA) is 111 Å². The van der Waals surface area contributed by atoms with Crippen LogP contribution in [-0.4, -0.2) is 82.3 Å². The van der Waals surface area contributed by atoms with Gasteiger partial charge in [0.1, 0.15) is 13.2 Å². The minimum Gasteiger partial charge on any atom is -0.545 e. The van der Waals surface area contributed by atoms with Gasteiger partial charge >= 0.3 is 11.9 Å². The van der Waals surface area contributed by atoms with Crippen LogP contribution in [0.5, 0.6) is 0 Å². The second kappa shape index (κ2) is 60.1. The van der Waals surface area contributed by atoms with Gasteiger partial charge in [0.05, 0.1) is 40.3 Å². The zero-order valence-electron chi connectivity index (χ0n) is 51.5. The Hall–Kier alpha value is -4.05. The zero-order valence-corrected chi connectivity index (χ0v) is 51.5. The molecule has 0 aliphatic carbocycles. The number of carbonyl (C=O) groups excluding carboxylic acids is 3. The van der Waals surface area contributed by atoms with E-state index in [1.807, 2.05) is 21.1 Å². The summed E-state index contributed by atoms with van der Waals surface area (Å²) in [6, 6.07) is 0. The molecule has 0 saturated carbocycles. The van der Waals surface area contributed by atoms with Gasteiger partial charge in [-0.2, -0.15) is 0 Å². The SMILES string of the molecule is CC/C=C\C/C=C\C/C=C\C/C=C\C/C=C\C/C=C\CCCCCCCCCCCCC(=O)OC(COC(=O)CCCCCCCCCCCC/C=C\C/C=C\C/C=C\CCCCCCC)COC(OCC[N+](C)(C)C)C(=O)[O-]. The summed E-state index contributed by atoms with van der Waals surface area (Å²) in [6.45, 7) is 4.62. The van der Waals surface area contributed by atoms with Crippen molar-refractivity contribution in [2.75, 3.05) is 47.5 Å². The molecule has 0 heterocycles. The number of carbonyl (C=O) groups is 3. The molecule has 0 fully saturated rings. The van der Waals surface area contributed by atoms with Crippen molar-refractivity contribution in [3.8, 4) is 0 Å². The van der Waals surface area contributed by atoms with E-state index in [-0.39, 0.29) is 38.6 Å². The van der Waals surface area contributed by atoms with Crippen LogP contribution in [0.15, 0.2) is 109 Å². The lowest BCUT2D eigenvalue weighted by Gasteiger charge is -2.26. The summed E-state index contributed by atoms with van der Waals surface area (Å²) in [6.07, 6.45) is 80.0. The molecule has 2 unspecified atom stereocenters. The third-order valence-corrected chi connectivity index (χ3v) is 13.5. The van der Waals surface area contributed by atoms with Crippen molar-refractivity contribution < 1.29 is 42.9 Å². The first-order chi connectivity index (χ1) is 38.6. The molecule has 0 N–H and O–H groups in total. The van der Waals surface area contributed by atoms with Crippen LogP contribution in [0, 0.1) is 0 Å². The van der Waals surface area contributed by atoms with Crippen molar-refractivity contribution in [1.82, 2.24) is 0 Å². The Labute approximate surface area is 485 Å². The first-order valence-electron chi connectivity index (χ1n) is 32.0. The maximum Gasteiger partial charge on any atom is 0.306 e. The van der Waals surface area contributed by atoms with Gasteiger partial charge in [-0.15, -0.1) is 0 Å². The number of nitrogens with zero attached hydrogens (tertiary/aromatic N) is 1. The molecular formula is C70H119NO8. The van der Waals surface area contributed by atoms with Crippen LogP contribution in [0.3, 0.4) is 0 Å². The van der Waals surface area contributed by atoms with Crippen LogP contribution >= 0.6 is 0 Å². The average Bonchev–Trinajstić information content (AvgIpc) is 3.42. The maximum absolute atomic E-state index is 12.9. The summed E-state index contributed by atoms with van der Waals surface area (Å²) in [5, 5.41) is 11.8. The van der Waals surface area contributed by atoms with Gasteiger partial charge in [-0.3, -0.25) is 9.59 Å². The van der Waals surface area contributed by atoms with Gasteiger partial charge < -0.3 is 33.3 Å². The van der Waals surface area contributed by atoms with Gasteiger partial charge in [0.25, 0.3) is 0 Å². The van der Waals surface area contributed by atoms with E-state index in [9.17, 15) is 19.5 Å². The van der Waals surface area contributed by atoms with Crippen molar-refractivity contribution in [3.05, 3.63) is 109 Å². The van der Waals surface area contributed by atoms with Gasteiger partial charge in [-0.25, -0.2) is 0 Å². The summed E-state index contributed by atoms with van der Waals surface area (Å²) >= 11 is 0. The van der Waals surface area contributed by atoms with Crippen LogP contribution in [0.2, 0.25) is 0 Å². The molecule has 0 spiro atoms. The van der Waals surface area contributed by atoms with Gasteiger partial charge in [0, 0.05) is 12.8 Å². The van der Waals surface area contributed by atoms with Gasteiger partial charge in [-0.05, 0) is 103 Å². The first kappa shape index (κ1) is 75.0.